The van der Waals surface area contributed by atoms with E-state index in [4.69, 9.17) is 5.73 Å². The van der Waals surface area contributed by atoms with Gasteiger partial charge in [-0.25, -0.2) is 13.2 Å². The van der Waals surface area contributed by atoms with E-state index < -0.39 is 28.6 Å². The van der Waals surface area contributed by atoms with E-state index in [1.54, 1.807) is 0 Å². The number of nitrogens with two attached hydrogens (primary N) is 1. The summed E-state index contributed by atoms with van der Waals surface area (Å²) in [5.41, 5.74) is 3.83. The SMILES string of the molecule is CC(C)(N)c1c(F)ccc(F)c1F. The lowest BCUT2D eigenvalue weighted by Crippen LogP contribution is -2.31. The molecular formula is C9H10F3N. The molecular weight excluding hydrogens is 179 g/mol. The molecule has 72 valence electrons. The molecule has 1 rings (SSSR count). The van der Waals surface area contributed by atoms with Crippen LogP contribution in [-0.2, 0) is 5.54 Å². The predicted molar refractivity (Wildman–Crippen MR) is 43.5 cm³/mol. The summed E-state index contributed by atoms with van der Waals surface area (Å²) in [7, 11) is 0. The smallest absolute Gasteiger partial charge is 0.166 e. The molecule has 13 heavy (non-hydrogen) atoms. The molecule has 1 aromatic rings. The van der Waals surface area contributed by atoms with Gasteiger partial charge in [0.15, 0.2) is 11.6 Å². The normalized spacial score (nSPS) is 11.8. The molecule has 0 unspecified atom stereocenters. The van der Waals surface area contributed by atoms with Gasteiger partial charge in [0.05, 0.1) is 0 Å². The van der Waals surface area contributed by atoms with Crippen LogP contribution in [-0.4, -0.2) is 0 Å². The summed E-state index contributed by atoms with van der Waals surface area (Å²) in [5, 5.41) is 0. The predicted octanol–water partition coefficient (Wildman–Crippen LogP) is 2.30. The Morgan fingerprint density at radius 3 is 1.92 bits per heavy atom. The molecule has 0 aliphatic carbocycles. The molecule has 0 aliphatic heterocycles. The summed E-state index contributed by atoms with van der Waals surface area (Å²) < 4.78 is 38.8. The highest BCUT2D eigenvalue weighted by molar-refractivity contribution is 5.27. The first-order valence-corrected chi connectivity index (χ1v) is 3.77. The minimum Gasteiger partial charge on any atom is -0.322 e. The van der Waals surface area contributed by atoms with Gasteiger partial charge in [0.1, 0.15) is 5.82 Å². The van der Waals surface area contributed by atoms with Gasteiger partial charge in [0.2, 0.25) is 0 Å². The Kier molecular flexibility index (Phi) is 2.34. The van der Waals surface area contributed by atoms with Gasteiger partial charge >= 0.3 is 0 Å². The van der Waals surface area contributed by atoms with E-state index in [0.717, 1.165) is 12.1 Å². The van der Waals surface area contributed by atoms with Crippen molar-refractivity contribution < 1.29 is 13.2 Å². The van der Waals surface area contributed by atoms with Crippen LogP contribution >= 0.6 is 0 Å². The monoisotopic (exact) mass is 189 g/mol. The topological polar surface area (TPSA) is 26.0 Å². The van der Waals surface area contributed by atoms with Crippen molar-refractivity contribution in [2.45, 2.75) is 19.4 Å². The summed E-state index contributed by atoms with van der Waals surface area (Å²) in [4.78, 5) is 0. The van der Waals surface area contributed by atoms with Crippen LogP contribution in [0.2, 0.25) is 0 Å². The van der Waals surface area contributed by atoms with Gasteiger partial charge in [-0.3, -0.25) is 0 Å². The number of halogens is 3. The molecule has 2 N–H and O–H groups in total. The second-order valence-corrected chi connectivity index (χ2v) is 3.44. The lowest BCUT2D eigenvalue weighted by Gasteiger charge is -2.20. The third-order valence-corrected chi connectivity index (χ3v) is 1.69. The second kappa shape index (κ2) is 3.03. The van der Waals surface area contributed by atoms with Crippen molar-refractivity contribution >= 4 is 0 Å². The maximum atomic E-state index is 13.1. The highest BCUT2D eigenvalue weighted by Gasteiger charge is 2.25. The van der Waals surface area contributed by atoms with Crippen LogP contribution in [0.5, 0.6) is 0 Å². The molecule has 1 nitrogen and oxygen atoms in total. The fourth-order valence-corrected chi connectivity index (χ4v) is 1.12. The summed E-state index contributed by atoms with van der Waals surface area (Å²) >= 11 is 0. The third kappa shape index (κ3) is 1.83. The first kappa shape index (κ1) is 10.1. The molecule has 0 bridgehead atoms. The molecule has 0 radical (unpaired) electrons. The molecule has 0 spiro atoms. The van der Waals surface area contributed by atoms with Crippen LogP contribution in [0, 0.1) is 17.5 Å². The summed E-state index contributed by atoms with van der Waals surface area (Å²) in [6, 6.07) is 1.60. The van der Waals surface area contributed by atoms with E-state index in [0.29, 0.717) is 0 Å². The van der Waals surface area contributed by atoms with Gasteiger partial charge in [-0.2, -0.15) is 0 Å². The Bertz CT molecular complexity index is 328. The van der Waals surface area contributed by atoms with Gasteiger partial charge < -0.3 is 5.73 Å². The molecule has 0 atom stereocenters. The van der Waals surface area contributed by atoms with Crippen molar-refractivity contribution in [3.63, 3.8) is 0 Å². The Hall–Kier alpha value is -1.03. The third-order valence-electron chi connectivity index (χ3n) is 1.69. The van der Waals surface area contributed by atoms with Crippen LogP contribution in [0.25, 0.3) is 0 Å². The average molecular weight is 189 g/mol. The van der Waals surface area contributed by atoms with Gasteiger partial charge in [-0.1, -0.05) is 0 Å². The molecule has 4 heteroatoms. The number of rotatable bonds is 1. The summed E-state index contributed by atoms with van der Waals surface area (Å²) in [5.74, 6) is -3.13. The van der Waals surface area contributed by atoms with Crippen molar-refractivity contribution in [2.24, 2.45) is 5.73 Å². The molecule has 0 heterocycles. The standard InChI is InChI=1S/C9H10F3N/c1-9(2,13)7-5(10)3-4-6(11)8(7)12/h3-4H,13H2,1-2H3. The molecule has 0 aliphatic rings. The quantitative estimate of drug-likeness (QED) is 0.674. The highest BCUT2D eigenvalue weighted by atomic mass is 19.2. The fraction of sp³-hybridized carbons (Fsp3) is 0.333. The lowest BCUT2D eigenvalue weighted by molar-refractivity contribution is 0.425. The van der Waals surface area contributed by atoms with Gasteiger partial charge in [0.25, 0.3) is 0 Å². The first-order valence-electron chi connectivity index (χ1n) is 3.77. The van der Waals surface area contributed by atoms with E-state index in [1.807, 2.05) is 0 Å². The Morgan fingerprint density at radius 2 is 1.54 bits per heavy atom. The van der Waals surface area contributed by atoms with E-state index in [-0.39, 0.29) is 0 Å². The van der Waals surface area contributed by atoms with Crippen LogP contribution in [0.3, 0.4) is 0 Å². The molecule has 0 saturated heterocycles. The van der Waals surface area contributed by atoms with E-state index in [1.165, 1.54) is 13.8 Å². The average Bonchev–Trinajstić information content (AvgIpc) is 1.95. The first-order chi connectivity index (χ1) is 5.84. The van der Waals surface area contributed by atoms with Crippen molar-refractivity contribution in [1.82, 2.24) is 0 Å². The molecule has 0 amide bonds. The summed E-state index contributed by atoms with van der Waals surface area (Å²) in [6.45, 7) is 2.82. The molecule has 0 aromatic heterocycles. The highest BCUT2D eigenvalue weighted by Crippen LogP contribution is 2.25. The maximum absolute atomic E-state index is 13.1. The van der Waals surface area contributed by atoms with Crippen LogP contribution in [0.15, 0.2) is 12.1 Å². The zero-order valence-corrected chi connectivity index (χ0v) is 7.37. The van der Waals surface area contributed by atoms with Crippen molar-refractivity contribution in [2.75, 3.05) is 0 Å². The zero-order chi connectivity index (χ0) is 10.2. The minimum absolute atomic E-state index is 0.424. The Labute approximate surface area is 74.4 Å². The van der Waals surface area contributed by atoms with Crippen molar-refractivity contribution in [3.05, 3.63) is 35.1 Å². The van der Waals surface area contributed by atoms with Gasteiger partial charge in [0, 0.05) is 11.1 Å². The Morgan fingerprint density at radius 1 is 1.08 bits per heavy atom. The molecule has 1 aromatic carbocycles. The maximum Gasteiger partial charge on any atom is 0.166 e. The minimum atomic E-state index is -1.23. The number of benzene rings is 1. The largest absolute Gasteiger partial charge is 0.322 e. The van der Waals surface area contributed by atoms with E-state index in [9.17, 15) is 13.2 Å². The Balaban J connectivity index is 3.43. The molecule has 0 saturated carbocycles. The molecule has 0 fully saturated rings. The van der Waals surface area contributed by atoms with Crippen LogP contribution in [0.1, 0.15) is 19.4 Å². The van der Waals surface area contributed by atoms with Crippen LogP contribution in [0.4, 0.5) is 13.2 Å². The second-order valence-electron chi connectivity index (χ2n) is 3.44. The zero-order valence-electron chi connectivity index (χ0n) is 7.37. The van der Waals surface area contributed by atoms with E-state index in [2.05, 4.69) is 0 Å². The van der Waals surface area contributed by atoms with E-state index >= 15 is 0 Å². The van der Waals surface area contributed by atoms with Gasteiger partial charge in [-0.05, 0) is 26.0 Å². The van der Waals surface area contributed by atoms with Crippen molar-refractivity contribution in [3.8, 4) is 0 Å². The number of hydrogen-bond donors (Lipinski definition) is 1. The van der Waals surface area contributed by atoms with Crippen LogP contribution < -0.4 is 5.73 Å². The number of hydrogen-bond acceptors (Lipinski definition) is 1. The fourth-order valence-electron chi connectivity index (χ4n) is 1.12. The lowest BCUT2D eigenvalue weighted by atomic mass is 9.94. The summed E-state index contributed by atoms with van der Waals surface area (Å²) in [6.07, 6.45) is 0. The van der Waals surface area contributed by atoms with Crippen molar-refractivity contribution in [1.29, 1.82) is 0 Å². The van der Waals surface area contributed by atoms with Gasteiger partial charge in [-0.15, -0.1) is 0 Å².